The fourth-order valence-electron chi connectivity index (χ4n) is 2.09. The summed E-state index contributed by atoms with van der Waals surface area (Å²) in [5.74, 6) is -1.25. The van der Waals surface area contributed by atoms with Crippen molar-refractivity contribution in [1.29, 1.82) is 0 Å². The van der Waals surface area contributed by atoms with E-state index in [4.69, 9.17) is 4.74 Å². The molecule has 0 bridgehead atoms. The summed E-state index contributed by atoms with van der Waals surface area (Å²) in [7, 11) is 0. The largest absolute Gasteiger partial charge is 0.494 e. The first-order valence-electron chi connectivity index (χ1n) is 6.52. The number of fused-ring (bicyclic) bond motifs is 1. The van der Waals surface area contributed by atoms with E-state index < -0.39 is 12.1 Å². The van der Waals surface area contributed by atoms with Crippen LogP contribution in [0.1, 0.15) is 28.8 Å². The Balaban J connectivity index is 1.73. The van der Waals surface area contributed by atoms with Crippen LogP contribution in [0.2, 0.25) is 0 Å². The van der Waals surface area contributed by atoms with Crippen molar-refractivity contribution in [1.82, 2.24) is 5.32 Å². The summed E-state index contributed by atoms with van der Waals surface area (Å²) in [4.78, 5) is 22.0. The summed E-state index contributed by atoms with van der Waals surface area (Å²) in [6.07, 6.45) is -3.40. The lowest BCUT2D eigenvalue weighted by Gasteiger charge is -2.09. The van der Waals surface area contributed by atoms with Gasteiger partial charge in [0.15, 0.2) is 5.78 Å². The topological polar surface area (TPSA) is 55.4 Å². The Morgan fingerprint density at radius 3 is 2.76 bits per heavy atom. The number of hydrogen-bond donors (Lipinski definition) is 1. The van der Waals surface area contributed by atoms with Crippen molar-refractivity contribution in [2.75, 3.05) is 13.2 Å². The first kappa shape index (κ1) is 15.3. The fourth-order valence-corrected chi connectivity index (χ4v) is 2.09. The fraction of sp³-hybridized carbons (Fsp3) is 0.429. The van der Waals surface area contributed by atoms with Crippen LogP contribution in [0, 0.1) is 0 Å². The minimum absolute atomic E-state index is 0.109. The molecule has 1 aliphatic carbocycles. The van der Waals surface area contributed by atoms with Gasteiger partial charge in [0.2, 0.25) is 0 Å². The second kappa shape index (κ2) is 6.15. The Morgan fingerprint density at radius 2 is 2.05 bits per heavy atom. The smallest absolute Gasteiger partial charge is 0.471 e. The van der Waals surface area contributed by atoms with Crippen LogP contribution in [0.4, 0.5) is 13.2 Å². The Hall–Kier alpha value is -2.05. The number of benzene rings is 1. The summed E-state index contributed by atoms with van der Waals surface area (Å²) in [6, 6.07) is 5.14. The minimum Gasteiger partial charge on any atom is -0.494 e. The van der Waals surface area contributed by atoms with Gasteiger partial charge in [-0.2, -0.15) is 13.2 Å². The van der Waals surface area contributed by atoms with Crippen LogP contribution in [0.25, 0.3) is 0 Å². The van der Waals surface area contributed by atoms with Gasteiger partial charge < -0.3 is 10.1 Å². The molecule has 0 unspecified atom stereocenters. The van der Waals surface area contributed by atoms with Gasteiger partial charge in [0.1, 0.15) is 5.75 Å². The predicted octanol–water partition coefficient (Wildman–Crippen LogP) is 2.26. The van der Waals surface area contributed by atoms with Gasteiger partial charge in [0.05, 0.1) is 6.61 Å². The zero-order valence-electron chi connectivity index (χ0n) is 11.1. The standard InChI is InChI=1S/C14H14F3NO3/c15-14(16,17)13(20)18-6-1-7-21-10-3-4-11-9(8-10)2-5-12(11)19/h3-4,8H,1-2,5-7H2,(H,18,20). The molecule has 0 fully saturated rings. The number of ether oxygens (including phenoxy) is 1. The van der Waals surface area contributed by atoms with Gasteiger partial charge in [-0.3, -0.25) is 9.59 Å². The first-order valence-corrected chi connectivity index (χ1v) is 6.52. The average molecular weight is 301 g/mol. The lowest BCUT2D eigenvalue weighted by atomic mass is 10.1. The van der Waals surface area contributed by atoms with Crippen LogP contribution in [-0.4, -0.2) is 31.0 Å². The molecule has 0 radical (unpaired) electrons. The molecular formula is C14H14F3NO3. The number of carbonyl (C=O) groups is 2. The number of Topliss-reactive ketones (excluding diaryl/α,β-unsaturated/α-hetero) is 1. The molecule has 1 aliphatic rings. The van der Waals surface area contributed by atoms with E-state index in [1.54, 1.807) is 23.5 Å². The van der Waals surface area contributed by atoms with E-state index >= 15 is 0 Å². The number of rotatable bonds is 5. The van der Waals surface area contributed by atoms with Crippen molar-refractivity contribution in [3.05, 3.63) is 29.3 Å². The SMILES string of the molecule is O=C1CCc2cc(OCCCNC(=O)C(F)(F)F)ccc21. The lowest BCUT2D eigenvalue weighted by Crippen LogP contribution is -2.37. The van der Waals surface area contributed by atoms with Crippen molar-refractivity contribution in [3.63, 3.8) is 0 Å². The van der Waals surface area contributed by atoms with E-state index in [2.05, 4.69) is 0 Å². The molecule has 0 saturated carbocycles. The third-order valence-corrected chi connectivity index (χ3v) is 3.13. The first-order chi connectivity index (χ1) is 9.88. The summed E-state index contributed by atoms with van der Waals surface area (Å²) in [5, 5.41) is 1.77. The number of nitrogens with one attached hydrogen (secondary N) is 1. The third-order valence-electron chi connectivity index (χ3n) is 3.13. The molecule has 1 aromatic rings. The number of carbonyl (C=O) groups excluding carboxylic acids is 2. The summed E-state index contributed by atoms with van der Waals surface area (Å²) < 4.78 is 41.1. The maximum absolute atomic E-state index is 11.9. The quantitative estimate of drug-likeness (QED) is 0.849. The monoisotopic (exact) mass is 301 g/mol. The number of amides is 1. The van der Waals surface area contributed by atoms with Gasteiger partial charge in [0, 0.05) is 18.5 Å². The highest BCUT2D eigenvalue weighted by Gasteiger charge is 2.38. The van der Waals surface area contributed by atoms with Crippen molar-refractivity contribution >= 4 is 11.7 Å². The number of aryl methyl sites for hydroxylation is 1. The Labute approximate surface area is 119 Å². The molecule has 7 heteroatoms. The highest BCUT2D eigenvalue weighted by atomic mass is 19.4. The molecule has 0 saturated heterocycles. The van der Waals surface area contributed by atoms with Crippen molar-refractivity contribution in [2.45, 2.75) is 25.4 Å². The normalized spacial score (nSPS) is 14.0. The van der Waals surface area contributed by atoms with Crippen molar-refractivity contribution in [2.24, 2.45) is 0 Å². The molecular weight excluding hydrogens is 287 g/mol. The molecule has 1 aromatic carbocycles. The van der Waals surface area contributed by atoms with Crippen LogP contribution in [0.15, 0.2) is 18.2 Å². The second-order valence-electron chi connectivity index (χ2n) is 4.70. The molecule has 21 heavy (non-hydrogen) atoms. The lowest BCUT2D eigenvalue weighted by molar-refractivity contribution is -0.173. The van der Waals surface area contributed by atoms with E-state index in [1.807, 2.05) is 0 Å². The Kier molecular flexibility index (Phi) is 4.50. The van der Waals surface area contributed by atoms with Crippen LogP contribution < -0.4 is 10.1 Å². The van der Waals surface area contributed by atoms with Crippen LogP contribution in [0.5, 0.6) is 5.75 Å². The number of halogens is 3. The minimum atomic E-state index is -4.85. The molecule has 0 atom stereocenters. The van der Waals surface area contributed by atoms with Gasteiger partial charge in [-0.15, -0.1) is 0 Å². The highest BCUT2D eigenvalue weighted by Crippen LogP contribution is 2.26. The maximum Gasteiger partial charge on any atom is 0.471 e. The van der Waals surface area contributed by atoms with Gasteiger partial charge in [-0.25, -0.2) is 0 Å². The van der Waals surface area contributed by atoms with E-state index in [-0.39, 0.29) is 25.4 Å². The molecule has 0 aromatic heterocycles. The van der Waals surface area contributed by atoms with E-state index in [9.17, 15) is 22.8 Å². The molecule has 0 aliphatic heterocycles. The summed E-state index contributed by atoms with van der Waals surface area (Å²) in [6.45, 7) is 0.0760. The Bertz CT molecular complexity index is 555. The highest BCUT2D eigenvalue weighted by molar-refractivity contribution is 6.00. The number of ketones is 1. The summed E-state index contributed by atoms with van der Waals surface area (Å²) in [5.41, 5.74) is 1.64. The van der Waals surface area contributed by atoms with Crippen LogP contribution in [0.3, 0.4) is 0 Å². The van der Waals surface area contributed by atoms with Gasteiger partial charge >= 0.3 is 12.1 Å². The zero-order chi connectivity index (χ0) is 15.5. The number of hydrogen-bond acceptors (Lipinski definition) is 3. The van der Waals surface area contributed by atoms with Gasteiger partial charge in [0.25, 0.3) is 0 Å². The predicted molar refractivity (Wildman–Crippen MR) is 68.3 cm³/mol. The van der Waals surface area contributed by atoms with Crippen molar-refractivity contribution in [3.8, 4) is 5.75 Å². The van der Waals surface area contributed by atoms with Crippen LogP contribution in [-0.2, 0) is 11.2 Å². The van der Waals surface area contributed by atoms with Crippen molar-refractivity contribution < 1.29 is 27.5 Å². The van der Waals surface area contributed by atoms with E-state index in [1.165, 1.54) is 0 Å². The molecule has 0 heterocycles. The van der Waals surface area contributed by atoms with Crippen LogP contribution >= 0.6 is 0 Å². The maximum atomic E-state index is 11.9. The van der Waals surface area contributed by atoms with E-state index in [0.717, 1.165) is 5.56 Å². The molecule has 2 rings (SSSR count). The summed E-state index contributed by atoms with van der Waals surface area (Å²) >= 11 is 0. The molecule has 114 valence electrons. The van der Waals surface area contributed by atoms with E-state index in [0.29, 0.717) is 24.2 Å². The third kappa shape index (κ3) is 3.96. The zero-order valence-corrected chi connectivity index (χ0v) is 11.1. The molecule has 1 amide bonds. The average Bonchev–Trinajstić information content (AvgIpc) is 2.78. The van der Waals surface area contributed by atoms with Gasteiger partial charge in [-0.05, 0) is 36.6 Å². The molecule has 1 N–H and O–H groups in total. The molecule has 4 nitrogen and oxygen atoms in total. The Morgan fingerprint density at radius 1 is 1.29 bits per heavy atom. The molecule has 0 spiro atoms. The van der Waals surface area contributed by atoms with Gasteiger partial charge in [-0.1, -0.05) is 0 Å². The second-order valence-corrected chi connectivity index (χ2v) is 4.70. The number of alkyl halides is 3.